The van der Waals surface area contributed by atoms with Gasteiger partial charge in [0.25, 0.3) is 0 Å². The molecule has 2 aromatic rings. The van der Waals surface area contributed by atoms with Crippen molar-refractivity contribution in [1.29, 1.82) is 0 Å². The first-order chi connectivity index (χ1) is 9.31. The highest BCUT2D eigenvalue weighted by Crippen LogP contribution is 2.24. The fraction of sp³-hybridized carbons (Fsp3) is 0.0625. The molecule has 0 aliphatic heterocycles. The molecule has 0 radical (unpaired) electrons. The Morgan fingerprint density at radius 2 is 1.95 bits per heavy atom. The minimum atomic E-state index is 0.107. The minimum Gasteiger partial charge on any atom is -0.507 e. The van der Waals surface area contributed by atoms with Gasteiger partial charge in [-0.25, -0.2) is 0 Å². The van der Waals surface area contributed by atoms with Gasteiger partial charge in [-0.2, -0.15) is 0 Å². The second-order valence-electron chi connectivity index (χ2n) is 3.85. The molecule has 19 heavy (non-hydrogen) atoms. The monoisotopic (exact) mass is 251 g/mol. The maximum Gasteiger partial charge on any atom is 0.177 e. The van der Waals surface area contributed by atoms with Crippen LogP contribution in [0.1, 0.15) is 5.56 Å². The van der Waals surface area contributed by atoms with Crippen LogP contribution in [0.5, 0.6) is 5.75 Å². The maximum absolute atomic E-state index is 9.75. The quantitative estimate of drug-likeness (QED) is 0.393. The first-order valence-electron chi connectivity index (χ1n) is 5.78. The van der Waals surface area contributed by atoms with Crippen LogP contribution in [0.2, 0.25) is 0 Å². The van der Waals surface area contributed by atoms with Crippen LogP contribution in [0.3, 0.4) is 0 Å². The van der Waals surface area contributed by atoms with Crippen LogP contribution >= 0.6 is 0 Å². The molecule has 0 unspecified atom stereocenters. The highest BCUT2D eigenvalue weighted by Gasteiger charge is 2.02. The van der Waals surface area contributed by atoms with Gasteiger partial charge in [0, 0.05) is 5.56 Å². The second kappa shape index (κ2) is 6.27. The van der Waals surface area contributed by atoms with Crippen LogP contribution < -0.4 is 0 Å². The van der Waals surface area contributed by atoms with Gasteiger partial charge in [0.15, 0.2) is 6.61 Å². The molecule has 3 heteroatoms. The summed E-state index contributed by atoms with van der Waals surface area (Å²) >= 11 is 0. The van der Waals surface area contributed by atoms with Crippen molar-refractivity contribution in [2.24, 2.45) is 5.16 Å². The molecular weight excluding hydrogens is 238 g/mol. The first kappa shape index (κ1) is 12.7. The van der Waals surface area contributed by atoms with E-state index in [1.165, 1.54) is 6.21 Å². The summed E-state index contributed by atoms with van der Waals surface area (Å²) < 4.78 is 0. The fourth-order valence-electron chi connectivity index (χ4n) is 1.64. The molecule has 0 bridgehead atoms. The summed E-state index contributed by atoms with van der Waals surface area (Å²) in [5.41, 5.74) is 2.65. The average Bonchev–Trinajstić information content (AvgIpc) is 2.46. The summed E-state index contributed by atoms with van der Waals surface area (Å²) in [6.07, 6.45) is 6.48. The third-order valence-corrected chi connectivity index (χ3v) is 2.55. The molecule has 0 aromatic heterocycles. The summed E-state index contributed by atoms with van der Waals surface area (Å²) in [5.74, 6) is 2.45. The molecule has 3 nitrogen and oxygen atoms in total. The van der Waals surface area contributed by atoms with Crippen molar-refractivity contribution in [2.75, 3.05) is 6.61 Å². The van der Waals surface area contributed by atoms with Gasteiger partial charge in [-0.15, -0.1) is 6.42 Å². The largest absolute Gasteiger partial charge is 0.507 e. The number of phenolic OH excluding ortho intramolecular Hbond substituents is 1. The molecule has 0 atom stereocenters. The molecule has 0 fully saturated rings. The first-order valence-corrected chi connectivity index (χ1v) is 5.78. The number of oxime groups is 1. The normalized spacial score (nSPS) is 10.3. The van der Waals surface area contributed by atoms with Crippen molar-refractivity contribution >= 4 is 6.21 Å². The van der Waals surface area contributed by atoms with Gasteiger partial charge in [-0.1, -0.05) is 47.5 Å². The Kier molecular flexibility index (Phi) is 4.20. The van der Waals surface area contributed by atoms with Crippen LogP contribution in [0.4, 0.5) is 0 Å². The molecule has 2 aromatic carbocycles. The standard InChI is InChI=1S/C16H13NO2/c1-2-10-19-17-12-15-11-14(8-9-16(15)18)13-6-4-3-5-7-13/h1,3-9,11-12,18H,10H2/b17-12+. The number of hydrogen-bond donors (Lipinski definition) is 1. The topological polar surface area (TPSA) is 41.8 Å². The summed E-state index contributed by atoms with van der Waals surface area (Å²) in [5, 5.41) is 13.5. The van der Waals surface area contributed by atoms with Crippen molar-refractivity contribution in [3.8, 4) is 29.2 Å². The Balaban J connectivity index is 2.25. The molecule has 0 saturated carbocycles. The zero-order valence-corrected chi connectivity index (χ0v) is 10.3. The van der Waals surface area contributed by atoms with Gasteiger partial charge < -0.3 is 9.94 Å². The SMILES string of the molecule is C#CCO/N=C/c1cc(-c2ccccc2)ccc1O. The third kappa shape index (κ3) is 3.36. The van der Waals surface area contributed by atoms with Crippen molar-refractivity contribution < 1.29 is 9.94 Å². The van der Waals surface area contributed by atoms with Gasteiger partial charge in [-0.3, -0.25) is 0 Å². The van der Waals surface area contributed by atoms with E-state index in [0.29, 0.717) is 5.56 Å². The van der Waals surface area contributed by atoms with Crippen LogP contribution in [-0.4, -0.2) is 17.9 Å². The summed E-state index contributed by atoms with van der Waals surface area (Å²) in [7, 11) is 0. The predicted octanol–water partition coefficient (Wildman–Crippen LogP) is 3.04. The fourth-order valence-corrected chi connectivity index (χ4v) is 1.64. The van der Waals surface area contributed by atoms with Crippen molar-refractivity contribution in [3.05, 3.63) is 54.1 Å². The van der Waals surface area contributed by atoms with Gasteiger partial charge >= 0.3 is 0 Å². The Hall–Kier alpha value is -2.73. The van der Waals surface area contributed by atoms with E-state index in [1.807, 2.05) is 42.5 Å². The summed E-state index contributed by atoms with van der Waals surface area (Å²) in [4.78, 5) is 4.81. The molecule has 2 rings (SSSR count). The molecule has 94 valence electrons. The number of aromatic hydroxyl groups is 1. The van der Waals surface area contributed by atoms with E-state index < -0.39 is 0 Å². The zero-order valence-electron chi connectivity index (χ0n) is 10.3. The van der Waals surface area contributed by atoms with Crippen LogP contribution in [-0.2, 0) is 4.84 Å². The Morgan fingerprint density at radius 3 is 2.68 bits per heavy atom. The Bertz CT molecular complexity index is 612. The summed E-state index contributed by atoms with van der Waals surface area (Å²) in [6.45, 7) is 0.107. The van der Waals surface area contributed by atoms with Gasteiger partial charge in [0.1, 0.15) is 5.75 Å². The number of phenols is 1. The lowest BCUT2D eigenvalue weighted by atomic mass is 10.0. The van der Waals surface area contributed by atoms with E-state index in [4.69, 9.17) is 11.3 Å². The molecule has 1 N–H and O–H groups in total. The number of rotatable bonds is 4. The molecule has 0 heterocycles. The molecule has 0 aliphatic carbocycles. The van der Waals surface area contributed by atoms with Crippen molar-refractivity contribution in [1.82, 2.24) is 0 Å². The lowest BCUT2D eigenvalue weighted by Crippen LogP contribution is -1.88. The zero-order chi connectivity index (χ0) is 13.5. The number of terminal acetylenes is 1. The smallest absolute Gasteiger partial charge is 0.177 e. The average molecular weight is 251 g/mol. The highest BCUT2D eigenvalue weighted by molar-refractivity contribution is 5.85. The van der Waals surface area contributed by atoms with E-state index in [2.05, 4.69) is 11.1 Å². The van der Waals surface area contributed by atoms with E-state index in [-0.39, 0.29) is 12.4 Å². The third-order valence-electron chi connectivity index (χ3n) is 2.55. The lowest BCUT2D eigenvalue weighted by Gasteiger charge is -2.04. The van der Waals surface area contributed by atoms with Gasteiger partial charge in [-0.05, 0) is 23.3 Å². The summed E-state index contributed by atoms with van der Waals surface area (Å²) in [6, 6.07) is 15.2. The van der Waals surface area contributed by atoms with Crippen molar-refractivity contribution in [3.63, 3.8) is 0 Å². The van der Waals surface area contributed by atoms with E-state index in [1.54, 1.807) is 6.07 Å². The minimum absolute atomic E-state index is 0.107. The maximum atomic E-state index is 9.75. The molecule has 0 spiro atoms. The lowest BCUT2D eigenvalue weighted by molar-refractivity contribution is 0.181. The van der Waals surface area contributed by atoms with E-state index >= 15 is 0 Å². The molecular formula is C16H13NO2. The molecule has 0 amide bonds. The number of benzene rings is 2. The van der Waals surface area contributed by atoms with Gasteiger partial charge in [0.2, 0.25) is 0 Å². The van der Waals surface area contributed by atoms with Gasteiger partial charge in [0.05, 0.1) is 6.21 Å². The van der Waals surface area contributed by atoms with E-state index in [9.17, 15) is 5.11 Å². The second-order valence-corrected chi connectivity index (χ2v) is 3.85. The van der Waals surface area contributed by atoms with Crippen molar-refractivity contribution in [2.45, 2.75) is 0 Å². The Morgan fingerprint density at radius 1 is 1.16 bits per heavy atom. The predicted molar refractivity (Wildman–Crippen MR) is 75.9 cm³/mol. The molecule has 0 saturated heterocycles. The van der Waals surface area contributed by atoms with E-state index in [0.717, 1.165) is 11.1 Å². The Labute approximate surface area is 112 Å². The number of nitrogens with zero attached hydrogens (tertiary/aromatic N) is 1. The van der Waals surface area contributed by atoms with Crippen LogP contribution in [0.15, 0.2) is 53.7 Å². The highest BCUT2D eigenvalue weighted by atomic mass is 16.6. The number of hydrogen-bond acceptors (Lipinski definition) is 3. The molecule has 0 aliphatic rings. The van der Waals surface area contributed by atoms with Crippen LogP contribution in [0, 0.1) is 12.3 Å². The van der Waals surface area contributed by atoms with Crippen LogP contribution in [0.25, 0.3) is 11.1 Å².